The standard InChI is InChI=1S/C19H25N7O/c1-14(18-24-21-13-26(18)11-12-27-4)22-19-20-10-9-17(23-19)15-5-7-16(8-6-15)25(2)3/h5-10,13-14H,11-12H2,1-4H3,(H,20,22,23). The zero-order valence-corrected chi connectivity index (χ0v) is 16.1. The molecule has 142 valence electrons. The van der Waals surface area contributed by atoms with E-state index in [4.69, 9.17) is 4.74 Å². The highest BCUT2D eigenvalue weighted by atomic mass is 16.5. The van der Waals surface area contributed by atoms with Crippen molar-refractivity contribution in [3.05, 3.63) is 48.7 Å². The summed E-state index contributed by atoms with van der Waals surface area (Å²) in [6.07, 6.45) is 3.46. The minimum absolute atomic E-state index is 0.0873. The highest BCUT2D eigenvalue weighted by Crippen LogP contribution is 2.22. The van der Waals surface area contributed by atoms with Crippen molar-refractivity contribution in [1.82, 2.24) is 24.7 Å². The van der Waals surface area contributed by atoms with E-state index >= 15 is 0 Å². The smallest absolute Gasteiger partial charge is 0.223 e. The van der Waals surface area contributed by atoms with Crippen LogP contribution in [0.25, 0.3) is 11.3 Å². The zero-order valence-electron chi connectivity index (χ0n) is 16.1. The van der Waals surface area contributed by atoms with E-state index in [9.17, 15) is 0 Å². The van der Waals surface area contributed by atoms with E-state index in [-0.39, 0.29) is 6.04 Å². The number of nitrogens with one attached hydrogen (secondary N) is 1. The molecule has 0 radical (unpaired) electrons. The zero-order chi connectivity index (χ0) is 19.2. The van der Waals surface area contributed by atoms with Crippen LogP contribution in [0.4, 0.5) is 11.6 Å². The van der Waals surface area contributed by atoms with Crippen LogP contribution in [0.5, 0.6) is 0 Å². The number of hydrogen-bond donors (Lipinski definition) is 1. The molecule has 0 aliphatic heterocycles. The third-order valence-corrected chi connectivity index (χ3v) is 4.25. The molecule has 2 heterocycles. The number of rotatable bonds is 8. The molecule has 3 rings (SSSR count). The average Bonchev–Trinajstić information content (AvgIpc) is 3.15. The molecule has 8 nitrogen and oxygen atoms in total. The Kier molecular flexibility index (Phi) is 5.97. The Morgan fingerprint density at radius 2 is 1.96 bits per heavy atom. The summed E-state index contributed by atoms with van der Waals surface area (Å²) < 4.78 is 7.09. The Bertz CT molecular complexity index is 861. The van der Waals surface area contributed by atoms with Gasteiger partial charge in [-0.15, -0.1) is 10.2 Å². The van der Waals surface area contributed by atoms with Crippen LogP contribution in [0.1, 0.15) is 18.8 Å². The second-order valence-electron chi connectivity index (χ2n) is 6.45. The maximum absolute atomic E-state index is 5.13. The van der Waals surface area contributed by atoms with Crippen LogP contribution in [0.2, 0.25) is 0 Å². The fraction of sp³-hybridized carbons (Fsp3) is 0.368. The Labute approximate surface area is 159 Å². The summed E-state index contributed by atoms with van der Waals surface area (Å²) in [6, 6.07) is 10.1. The van der Waals surface area contributed by atoms with Gasteiger partial charge in [-0.05, 0) is 25.1 Å². The van der Waals surface area contributed by atoms with Crippen molar-refractivity contribution >= 4 is 11.6 Å². The van der Waals surface area contributed by atoms with E-state index < -0.39 is 0 Å². The van der Waals surface area contributed by atoms with Gasteiger partial charge in [0.1, 0.15) is 6.33 Å². The van der Waals surface area contributed by atoms with E-state index in [2.05, 4.69) is 54.6 Å². The lowest BCUT2D eigenvalue weighted by Crippen LogP contribution is -2.16. The lowest BCUT2D eigenvalue weighted by atomic mass is 10.1. The molecule has 1 N–H and O–H groups in total. The molecule has 0 fully saturated rings. The van der Waals surface area contributed by atoms with Gasteiger partial charge in [-0.2, -0.15) is 0 Å². The van der Waals surface area contributed by atoms with Gasteiger partial charge in [0.2, 0.25) is 5.95 Å². The summed E-state index contributed by atoms with van der Waals surface area (Å²) in [7, 11) is 5.72. The molecular formula is C19H25N7O. The number of ether oxygens (including phenoxy) is 1. The molecule has 0 saturated carbocycles. The van der Waals surface area contributed by atoms with Gasteiger partial charge >= 0.3 is 0 Å². The molecular weight excluding hydrogens is 342 g/mol. The molecule has 8 heteroatoms. The number of benzene rings is 1. The molecule has 3 aromatic rings. The van der Waals surface area contributed by atoms with E-state index in [0.717, 1.165) is 22.8 Å². The molecule has 1 unspecified atom stereocenters. The summed E-state index contributed by atoms with van der Waals surface area (Å²) in [4.78, 5) is 11.0. The molecule has 0 saturated heterocycles. The maximum Gasteiger partial charge on any atom is 0.223 e. The fourth-order valence-electron chi connectivity index (χ4n) is 2.74. The number of hydrogen-bond acceptors (Lipinski definition) is 7. The highest BCUT2D eigenvalue weighted by Gasteiger charge is 2.14. The second kappa shape index (κ2) is 8.59. The predicted octanol–water partition coefficient (Wildman–Crippen LogP) is 2.62. The van der Waals surface area contributed by atoms with Crippen LogP contribution in [0, 0.1) is 0 Å². The molecule has 1 aromatic carbocycles. The number of methoxy groups -OCH3 is 1. The van der Waals surface area contributed by atoms with Crippen molar-refractivity contribution in [3.63, 3.8) is 0 Å². The lowest BCUT2D eigenvalue weighted by molar-refractivity contribution is 0.186. The van der Waals surface area contributed by atoms with Gasteiger partial charge in [0.25, 0.3) is 0 Å². The Balaban J connectivity index is 1.75. The van der Waals surface area contributed by atoms with Crippen LogP contribution < -0.4 is 10.2 Å². The summed E-state index contributed by atoms with van der Waals surface area (Å²) in [5, 5.41) is 11.5. The summed E-state index contributed by atoms with van der Waals surface area (Å²) in [6.45, 7) is 3.31. The van der Waals surface area contributed by atoms with Crippen molar-refractivity contribution in [1.29, 1.82) is 0 Å². The number of anilines is 2. The van der Waals surface area contributed by atoms with Gasteiger partial charge in [0.05, 0.1) is 18.3 Å². The molecule has 0 bridgehead atoms. The first-order chi connectivity index (χ1) is 13.1. The summed E-state index contributed by atoms with van der Waals surface area (Å²) >= 11 is 0. The third-order valence-electron chi connectivity index (χ3n) is 4.25. The average molecular weight is 367 g/mol. The minimum atomic E-state index is -0.0873. The van der Waals surface area contributed by atoms with Crippen LogP contribution in [-0.2, 0) is 11.3 Å². The molecule has 0 amide bonds. The van der Waals surface area contributed by atoms with Crippen molar-refractivity contribution in [2.45, 2.75) is 19.5 Å². The van der Waals surface area contributed by atoms with E-state index in [1.54, 1.807) is 19.6 Å². The van der Waals surface area contributed by atoms with Gasteiger partial charge in [-0.3, -0.25) is 0 Å². The molecule has 27 heavy (non-hydrogen) atoms. The molecule has 0 aliphatic rings. The Morgan fingerprint density at radius 1 is 1.19 bits per heavy atom. The minimum Gasteiger partial charge on any atom is -0.383 e. The highest BCUT2D eigenvalue weighted by molar-refractivity contribution is 5.63. The third kappa shape index (κ3) is 4.59. The van der Waals surface area contributed by atoms with Crippen molar-refractivity contribution in [2.24, 2.45) is 0 Å². The molecule has 1 atom stereocenters. The Hall–Kier alpha value is -3.00. The first-order valence-corrected chi connectivity index (χ1v) is 8.82. The molecule has 2 aromatic heterocycles. The predicted molar refractivity (Wildman–Crippen MR) is 106 cm³/mol. The normalized spacial score (nSPS) is 12.0. The Morgan fingerprint density at radius 3 is 2.67 bits per heavy atom. The topological polar surface area (TPSA) is 81.0 Å². The van der Waals surface area contributed by atoms with Crippen molar-refractivity contribution in [2.75, 3.05) is 38.0 Å². The largest absolute Gasteiger partial charge is 0.383 e. The quantitative estimate of drug-likeness (QED) is 0.655. The first kappa shape index (κ1) is 18.8. The SMILES string of the molecule is COCCn1cnnc1C(C)Nc1nccc(-c2ccc(N(C)C)cc2)n1. The first-order valence-electron chi connectivity index (χ1n) is 8.82. The van der Waals surface area contributed by atoms with Gasteiger partial charge in [0.15, 0.2) is 5.82 Å². The second-order valence-corrected chi connectivity index (χ2v) is 6.45. The van der Waals surface area contributed by atoms with Gasteiger partial charge in [-0.1, -0.05) is 12.1 Å². The van der Waals surface area contributed by atoms with Crippen molar-refractivity contribution < 1.29 is 4.74 Å². The monoisotopic (exact) mass is 367 g/mol. The summed E-state index contributed by atoms with van der Waals surface area (Å²) in [5.74, 6) is 1.37. The van der Waals surface area contributed by atoms with E-state index in [0.29, 0.717) is 19.1 Å². The fourth-order valence-corrected chi connectivity index (χ4v) is 2.74. The van der Waals surface area contributed by atoms with Gasteiger partial charge in [-0.25, -0.2) is 9.97 Å². The van der Waals surface area contributed by atoms with Crippen molar-refractivity contribution in [3.8, 4) is 11.3 Å². The number of nitrogens with zero attached hydrogens (tertiary/aromatic N) is 6. The van der Waals surface area contributed by atoms with Crippen LogP contribution >= 0.6 is 0 Å². The maximum atomic E-state index is 5.13. The van der Waals surface area contributed by atoms with Crippen LogP contribution in [0.15, 0.2) is 42.9 Å². The molecule has 0 aliphatic carbocycles. The van der Waals surface area contributed by atoms with Gasteiger partial charge < -0.3 is 19.5 Å². The van der Waals surface area contributed by atoms with Crippen LogP contribution in [-0.4, -0.2) is 52.5 Å². The van der Waals surface area contributed by atoms with E-state index in [1.807, 2.05) is 31.7 Å². The lowest BCUT2D eigenvalue weighted by Gasteiger charge is -2.15. The van der Waals surface area contributed by atoms with Gasteiger partial charge in [0, 0.05) is 45.2 Å². The number of aromatic nitrogens is 5. The van der Waals surface area contributed by atoms with E-state index in [1.165, 1.54) is 0 Å². The van der Waals surface area contributed by atoms with Crippen LogP contribution in [0.3, 0.4) is 0 Å². The molecule has 0 spiro atoms. The summed E-state index contributed by atoms with van der Waals surface area (Å²) in [5.41, 5.74) is 3.06.